The van der Waals surface area contributed by atoms with Crippen LogP contribution in [0.5, 0.6) is 0 Å². The van der Waals surface area contributed by atoms with Crippen LogP contribution in [0, 0.1) is 5.41 Å². The molecule has 0 saturated heterocycles. The van der Waals surface area contributed by atoms with Crippen molar-refractivity contribution in [1.82, 2.24) is 5.32 Å². The minimum Gasteiger partial charge on any atom is -0.466 e. The quantitative estimate of drug-likeness (QED) is 0.707. The summed E-state index contributed by atoms with van der Waals surface area (Å²) < 4.78 is 5.26. The zero-order chi connectivity index (χ0) is 13.4. The van der Waals surface area contributed by atoms with E-state index in [0.29, 0.717) is 13.2 Å². The number of nitrogens with one attached hydrogen (secondary N) is 1. The van der Waals surface area contributed by atoms with Crippen LogP contribution >= 0.6 is 0 Å². The number of carbonyl (C=O) groups is 1. The van der Waals surface area contributed by atoms with Crippen molar-refractivity contribution in [1.29, 1.82) is 0 Å². The summed E-state index contributed by atoms with van der Waals surface area (Å²) in [5, 5.41) is 3.14. The number of allylic oxidation sites excluding steroid dienone is 4. The lowest BCUT2D eigenvalue weighted by Crippen LogP contribution is -2.41. The van der Waals surface area contributed by atoms with Gasteiger partial charge < -0.3 is 10.1 Å². The number of ether oxygens (including phenoxy) is 1. The average Bonchev–Trinajstić information content (AvgIpc) is 2.39. The Hall–Kier alpha value is -1.09. The molecule has 1 rings (SSSR count). The molecule has 0 bridgehead atoms. The van der Waals surface area contributed by atoms with Crippen LogP contribution in [0.4, 0.5) is 0 Å². The summed E-state index contributed by atoms with van der Waals surface area (Å²) in [6, 6.07) is 0. The first kappa shape index (κ1) is 15.0. The first-order chi connectivity index (χ1) is 8.68. The molecule has 1 unspecified atom stereocenters. The number of hydrogen-bond donors (Lipinski definition) is 1. The highest BCUT2D eigenvalue weighted by Gasteiger charge is 2.38. The molecule has 0 fully saturated rings. The van der Waals surface area contributed by atoms with Crippen molar-refractivity contribution < 1.29 is 9.53 Å². The standard InChI is InChI=1S/C15H25NO2/c1-4-15(12-16-3,14(17)18-5-2)11-13-9-7-6-8-10-13/h7,9-10,16H,4-6,8,11-12H2,1-3H3. The van der Waals surface area contributed by atoms with Crippen molar-refractivity contribution in [2.45, 2.75) is 39.5 Å². The van der Waals surface area contributed by atoms with E-state index in [1.807, 2.05) is 14.0 Å². The minimum atomic E-state index is -0.432. The Kier molecular flexibility index (Phi) is 6.13. The first-order valence-corrected chi connectivity index (χ1v) is 6.86. The van der Waals surface area contributed by atoms with E-state index >= 15 is 0 Å². The van der Waals surface area contributed by atoms with Gasteiger partial charge in [0.2, 0.25) is 0 Å². The highest BCUT2D eigenvalue weighted by atomic mass is 16.5. The summed E-state index contributed by atoms with van der Waals surface area (Å²) in [6.07, 6.45) is 10.3. The maximum Gasteiger partial charge on any atom is 0.313 e. The Morgan fingerprint density at radius 1 is 1.44 bits per heavy atom. The van der Waals surface area contributed by atoms with E-state index in [9.17, 15) is 4.79 Å². The van der Waals surface area contributed by atoms with Crippen molar-refractivity contribution in [3.63, 3.8) is 0 Å². The maximum atomic E-state index is 12.2. The summed E-state index contributed by atoms with van der Waals surface area (Å²) >= 11 is 0. The highest BCUT2D eigenvalue weighted by molar-refractivity contribution is 5.77. The van der Waals surface area contributed by atoms with Crippen LogP contribution in [-0.4, -0.2) is 26.2 Å². The molecule has 0 amide bonds. The molecule has 0 heterocycles. The van der Waals surface area contributed by atoms with E-state index in [1.165, 1.54) is 5.57 Å². The average molecular weight is 251 g/mol. The second-order valence-corrected chi connectivity index (χ2v) is 4.82. The van der Waals surface area contributed by atoms with Gasteiger partial charge in [0.15, 0.2) is 0 Å². The zero-order valence-corrected chi connectivity index (χ0v) is 11.8. The largest absolute Gasteiger partial charge is 0.466 e. The van der Waals surface area contributed by atoms with Gasteiger partial charge in [-0.05, 0) is 39.7 Å². The molecule has 18 heavy (non-hydrogen) atoms. The molecular formula is C15H25NO2. The second-order valence-electron chi connectivity index (χ2n) is 4.82. The van der Waals surface area contributed by atoms with Crippen molar-refractivity contribution in [2.24, 2.45) is 5.41 Å². The molecule has 0 aliphatic heterocycles. The third kappa shape index (κ3) is 3.70. The van der Waals surface area contributed by atoms with E-state index in [2.05, 4.69) is 30.5 Å². The van der Waals surface area contributed by atoms with Crippen molar-refractivity contribution in [2.75, 3.05) is 20.2 Å². The third-order valence-corrected chi connectivity index (χ3v) is 3.51. The maximum absolute atomic E-state index is 12.2. The number of carbonyl (C=O) groups excluding carboxylic acids is 1. The summed E-state index contributed by atoms with van der Waals surface area (Å²) in [6.45, 7) is 5.02. The summed E-state index contributed by atoms with van der Waals surface area (Å²) in [4.78, 5) is 12.2. The number of rotatable bonds is 7. The molecule has 1 atom stereocenters. The van der Waals surface area contributed by atoms with Crippen LogP contribution in [-0.2, 0) is 9.53 Å². The van der Waals surface area contributed by atoms with Gasteiger partial charge in [0.25, 0.3) is 0 Å². The fraction of sp³-hybridized carbons (Fsp3) is 0.667. The van der Waals surface area contributed by atoms with Crippen LogP contribution < -0.4 is 5.32 Å². The lowest BCUT2D eigenvalue weighted by atomic mass is 9.78. The van der Waals surface area contributed by atoms with E-state index in [-0.39, 0.29) is 5.97 Å². The van der Waals surface area contributed by atoms with Gasteiger partial charge in [-0.1, -0.05) is 30.7 Å². The summed E-state index contributed by atoms with van der Waals surface area (Å²) in [5.74, 6) is -0.0817. The van der Waals surface area contributed by atoms with Crippen molar-refractivity contribution in [3.05, 3.63) is 23.8 Å². The molecule has 0 saturated carbocycles. The molecule has 1 N–H and O–H groups in total. The van der Waals surface area contributed by atoms with Gasteiger partial charge in [-0.2, -0.15) is 0 Å². The zero-order valence-electron chi connectivity index (χ0n) is 11.8. The van der Waals surface area contributed by atoms with Gasteiger partial charge in [0.1, 0.15) is 0 Å². The monoisotopic (exact) mass is 251 g/mol. The minimum absolute atomic E-state index is 0.0817. The Labute approximate surface area is 110 Å². The summed E-state index contributed by atoms with van der Waals surface area (Å²) in [7, 11) is 1.88. The molecule has 3 heteroatoms. The molecule has 0 aromatic carbocycles. The molecule has 0 radical (unpaired) electrons. The van der Waals surface area contributed by atoms with Gasteiger partial charge >= 0.3 is 5.97 Å². The summed E-state index contributed by atoms with van der Waals surface area (Å²) in [5.41, 5.74) is 0.824. The number of hydrogen-bond acceptors (Lipinski definition) is 3. The SMILES string of the molecule is CCOC(=O)C(CC)(CNC)CC1=CCCC=C1. The van der Waals surface area contributed by atoms with Crippen molar-refractivity contribution >= 4 is 5.97 Å². The fourth-order valence-electron chi connectivity index (χ4n) is 2.41. The van der Waals surface area contributed by atoms with E-state index in [0.717, 1.165) is 25.7 Å². The predicted octanol–water partition coefficient (Wildman–Crippen LogP) is 2.83. The Bertz CT molecular complexity index is 333. The lowest BCUT2D eigenvalue weighted by molar-refractivity contribution is -0.155. The highest BCUT2D eigenvalue weighted by Crippen LogP contribution is 2.33. The molecule has 1 aliphatic carbocycles. The molecule has 0 spiro atoms. The van der Waals surface area contributed by atoms with Gasteiger partial charge in [-0.25, -0.2) is 0 Å². The molecule has 0 aromatic heterocycles. The number of esters is 1. The Morgan fingerprint density at radius 2 is 2.22 bits per heavy atom. The van der Waals surface area contributed by atoms with E-state index < -0.39 is 5.41 Å². The molecular weight excluding hydrogens is 226 g/mol. The molecule has 1 aliphatic rings. The van der Waals surface area contributed by atoms with Gasteiger partial charge in [-0.3, -0.25) is 4.79 Å². The normalized spacial score (nSPS) is 18.1. The Balaban J connectivity index is 2.84. The van der Waals surface area contributed by atoms with Crippen molar-refractivity contribution in [3.8, 4) is 0 Å². The fourth-order valence-corrected chi connectivity index (χ4v) is 2.41. The third-order valence-electron chi connectivity index (χ3n) is 3.51. The van der Waals surface area contributed by atoms with Gasteiger partial charge in [0.05, 0.1) is 12.0 Å². The van der Waals surface area contributed by atoms with Crippen LogP contribution in [0.25, 0.3) is 0 Å². The van der Waals surface area contributed by atoms with Crippen LogP contribution in [0.2, 0.25) is 0 Å². The lowest BCUT2D eigenvalue weighted by Gasteiger charge is -2.31. The van der Waals surface area contributed by atoms with Crippen LogP contribution in [0.3, 0.4) is 0 Å². The van der Waals surface area contributed by atoms with Gasteiger partial charge in [0, 0.05) is 6.54 Å². The smallest absolute Gasteiger partial charge is 0.313 e. The van der Waals surface area contributed by atoms with Crippen LogP contribution in [0.15, 0.2) is 23.8 Å². The Morgan fingerprint density at radius 3 is 2.72 bits per heavy atom. The molecule has 102 valence electrons. The predicted molar refractivity (Wildman–Crippen MR) is 74.4 cm³/mol. The molecule has 0 aromatic rings. The second kappa shape index (κ2) is 7.37. The van der Waals surface area contributed by atoms with E-state index in [4.69, 9.17) is 4.74 Å². The first-order valence-electron chi connectivity index (χ1n) is 6.86. The topological polar surface area (TPSA) is 38.3 Å². The van der Waals surface area contributed by atoms with Crippen LogP contribution in [0.1, 0.15) is 39.5 Å². The molecule has 3 nitrogen and oxygen atoms in total. The van der Waals surface area contributed by atoms with Gasteiger partial charge in [-0.15, -0.1) is 0 Å². The van der Waals surface area contributed by atoms with E-state index in [1.54, 1.807) is 0 Å².